The maximum atomic E-state index is 15.1. The summed E-state index contributed by atoms with van der Waals surface area (Å²) in [7, 11) is 1.31. The average Bonchev–Trinajstić information content (AvgIpc) is 3.54. The lowest BCUT2D eigenvalue weighted by molar-refractivity contribution is 0.0176. The fourth-order valence-electron chi connectivity index (χ4n) is 3.96. The SMILES string of the molecule is COc1cc(C#N)cnc1C(=O)Nc1cc(C)c(F)c([C@@]2(C(F)F)N=C(N)O[C@@H]3C[C@@H]32)c1. The first-order valence-corrected chi connectivity index (χ1v) is 9.57. The van der Waals surface area contributed by atoms with Crippen LogP contribution in [0.2, 0.25) is 0 Å². The number of aryl methyl sites for hydroxylation is 1. The Hall–Kier alpha value is -3.81. The third-order valence-electron chi connectivity index (χ3n) is 5.56. The van der Waals surface area contributed by atoms with Crippen molar-refractivity contribution in [2.75, 3.05) is 12.4 Å². The molecule has 2 heterocycles. The summed E-state index contributed by atoms with van der Waals surface area (Å²) >= 11 is 0. The third-order valence-corrected chi connectivity index (χ3v) is 5.56. The summed E-state index contributed by atoms with van der Waals surface area (Å²) in [6, 6.07) is 5.22. The molecule has 3 N–H and O–H groups in total. The molecule has 0 radical (unpaired) electrons. The highest BCUT2D eigenvalue weighted by atomic mass is 19.3. The second-order valence-electron chi connectivity index (χ2n) is 7.57. The number of pyridine rings is 1. The molecule has 3 atom stereocenters. The molecular formula is C21H18F3N5O3. The van der Waals surface area contributed by atoms with E-state index in [4.69, 9.17) is 20.5 Å². The lowest BCUT2D eigenvalue weighted by Crippen LogP contribution is -2.43. The normalized spacial score (nSPS) is 23.5. The van der Waals surface area contributed by atoms with E-state index in [1.165, 1.54) is 32.4 Å². The van der Waals surface area contributed by atoms with Gasteiger partial charge in [-0.05, 0) is 31.0 Å². The number of nitrogens with zero attached hydrogens (tertiary/aromatic N) is 3. The van der Waals surface area contributed by atoms with Crippen LogP contribution < -0.4 is 15.8 Å². The van der Waals surface area contributed by atoms with E-state index in [2.05, 4.69) is 15.3 Å². The smallest absolute Gasteiger partial charge is 0.283 e. The number of carbonyl (C=O) groups excluding carboxylic acids is 1. The second-order valence-corrected chi connectivity index (χ2v) is 7.57. The number of anilines is 1. The van der Waals surface area contributed by atoms with Gasteiger partial charge in [0.25, 0.3) is 18.4 Å². The maximum absolute atomic E-state index is 15.1. The molecular weight excluding hydrogens is 427 g/mol. The zero-order valence-corrected chi connectivity index (χ0v) is 17.0. The van der Waals surface area contributed by atoms with Gasteiger partial charge in [0.05, 0.1) is 12.7 Å². The van der Waals surface area contributed by atoms with Crippen LogP contribution >= 0.6 is 0 Å². The molecule has 0 bridgehead atoms. The fraction of sp³-hybridized carbons (Fsp3) is 0.333. The number of nitrogens with one attached hydrogen (secondary N) is 1. The van der Waals surface area contributed by atoms with Crippen molar-refractivity contribution in [3.05, 3.63) is 52.6 Å². The number of hydrogen-bond donors (Lipinski definition) is 2. The Bertz CT molecular complexity index is 1180. The van der Waals surface area contributed by atoms with E-state index in [0.717, 1.165) is 6.07 Å². The number of methoxy groups -OCH3 is 1. The van der Waals surface area contributed by atoms with Gasteiger partial charge in [-0.1, -0.05) is 0 Å². The highest BCUT2D eigenvalue weighted by molar-refractivity contribution is 6.04. The number of nitrogens with two attached hydrogens (primary N) is 1. The van der Waals surface area contributed by atoms with Crippen molar-refractivity contribution in [1.82, 2.24) is 4.98 Å². The van der Waals surface area contributed by atoms with Gasteiger partial charge in [-0.25, -0.2) is 23.1 Å². The van der Waals surface area contributed by atoms with Crippen molar-refractivity contribution in [2.45, 2.75) is 31.4 Å². The van der Waals surface area contributed by atoms with Crippen LogP contribution in [-0.2, 0) is 10.3 Å². The minimum absolute atomic E-state index is 0.0371. The summed E-state index contributed by atoms with van der Waals surface area (Å²) in [5, 5.41) is 11.5. The summed E-state index contributed by atoms with van der Waals surface area (Å²) in [6.45, 7) is 1.39. The number of hydrogen-bond acceptors (Lipinski definition) is 7. The Labute approximate surface area is 180 Å². The van der Waals surface area contributed by atoms with E-state index in [0.29, 0.717) is 0 Å². The van der Waals surface area contributed by atoms with Crippen molar-refractivity contribution in [3.63, 3.8) is 0 Å². The van der Waals surface area contributed by atoms with Crippen LogP contribution in [0.15, 0.2) is 29.4 Å². The molecule has 0 saturated heterocycles. The highest BCUT2D eigenvalue weighted by Crippen LogP contribution is 2.56. The molecule has 1 aromatic carbocycles. The Morgan fingerprint density at radius 2 is 2.19 bits per heavy atom. The Balaban J connectivity index is 1.75. The van der Waals surface area contributed by atoms with Gasteiger partial charge in [0.1, 0.15) is 18.0 Å². The van der Waals surface area contributed by atoms with Crippen LogP contribution in [0.3, 0.4) is 0 Å². The topological polar surface area (TPSA) is 123 Å². The zero-order chi connectivity index (χ0) is 23.2. The largest absolute Gasteiger partial charge is 0.494 e. The van der Waals surface area contributed by atoms with Crippen molar-refractivity contribution < 1.29 is 27.4 Å². The number of ether oxygens (including phenoxy) is 2. The number of amides is 1. The van der Waals surface area contributed by atoms with Crippen LogP contribution in [0.4, 0.5) is 18.9 Å². The number of aromatic nitrogens is 1. The molecule has 166 valence electrons. The van der Waals surface area contributed by atoms with E-state index < -0.39 is 41.7 Å². The number of halogens is 3. The molecule has 2 aliphatic rings. The van der Waals surface area contributed by atoms with Gasteiger partial charge >= 0.3 is 0 Å². The second kappa shape index (κ2) is 7.71. The predicted molar refractivity (Wildman–Crippen MR) is 107 cm³/mol. The first kappa shape index (κ1) is 21.4. The summed E-state index contributed by atoms with van der Waals surface area (Å²) in [5.41, 5.74) is 3.17. The summed E-state index contributed by atoms with van der Waals surface area (Å²) < 4.78 is 54.1. The summed E-state index contributed by atoms with van der Waals surface area (Å²) in [6.07, 6.45) is -2.17. The van der Waals surface area contributed by atoms with Gasteiger partial charge in [0.15, 0.2) is 17.0 Å². The van der Waals surface area contributed by atoms with Crippen molar-refractivity contribution in [3.8, 4) is 11.8 Å². The summed E-state index contributed by atoms with van der Waals surface area (Å²) in [4.78, 5) is 20.5. The number of nitriles is 1. The number of aliphatic imine (C=N–C) groups is 1. The molecule has 8 nitrogen and oxygen atoms in total. The molecule has 1 amide bonds. The van der Waals surface area contributed by atoms with Crippen LogP contribution in [0.1, 0.15) is 33.6 Å². The molecule has 0 spiro atoms. The molecule has 1 aliphatic heterocycles. The molecule has 1 fully saturated rings. The van der Waals surface area contributed by atoms with Gasteiger partial charge in [0, 0.05) is 29.4 Å². The average molecular weight is 445 g/mol. The van der Waals surface area contributed by atoms with E-state index in [9.17, 15) is 13.6 Å². The van der Waals surface area contributed by atoms with E-state index in [1.807, 2.05) is 6.07 Å². The fourth-order valence-corrected chi connectivity index (χ4v) is 3.96. The molecule has 1 aromatic heterocycles. The van der Waals surface area contributed by atoms with E-state index in [1.54, 1.807) is 0 Å². The number of fused-ring (bicyclic) bond motifs is 1. The van der Waals surface area contributed by atoms with Crippen LogP contribution in [-0.4, -0.2) is 36.6 Å². The van der Waals surface area contributed by atoms with Gasteiger partial charge in [-0.2, -0.15) is 5.26 Å². The minimum atomic E-state index is -3.06. The van der Waals surface area contributed by atoms with E-state index in [-0.39, 0.29) is 40.2 Å². The quantitative estimate of drug-likeness (QED) is 0.730. The third kappa shape index (κ3) is 3.37. The van der Waals surface area contributed by atoms with Crippen molar-refractivity contribution in [1.29, 1.82) is 5.26 Å². The van der Waals surface area contributed by atoms with Crippen molar-refractivity contribution >= 4 is 17.6 Å². The lowest BCUT2D eigenvalue weighted by atomic mass is 9.83. The zero-order valence-electron chi connectivity index (χ0n) is 17.0. The highest BCUT2D eigenvalue weighted by Gasteiger charge is 2.64. The number of alkyl halides is 2. The summed E-state index contributed by atoms with van der Waals surface area (Å²) in [5.74, 6) is -2.28. The number of rotatable bonds is 5. The standard InChI is InChI=1S/C21H18F3N5O3/c1-9-3-11(28-18(30)17-15(31-2)4-10(7-25)8-27-17)5-13(16(9)22)21(19(23)24)12-6-14(12)32-20(26)29-21/h3-5,8,12,14,19H,6H2,1-2H3,(H2,26,29)(H,28,30)/t12-,14+,21-/m0/s1. The number of benzene rings is 1. The lowest BCUT2D eigenvalue weighted by Gasteiger charge is -2.33. The first-order chi connectivity index (χ1) is 15.2. The monoisotopic (exact) mass is 445 g/mol. The molecule has 11 heteroatoms. The molecule has 0 unspecified atom stereocenters. The molecule has 32 heavy (non-hydrogen) atoms. The predicted octanol–water partition coefficient (Wildman–Crippen LogP) is 2.86. The Morgan fingerprint density at radius 1 is 1.44 bits per heavy atom. The van der Waals surface area contributed by atoms with E-state index >= 15 is 4.39 Å². The van der Waals surface area contributed by atoms with Crippen LogP contribution in [0, 0.1) is 30.0 Å². The molecule has 2 aromatic rings. The maximum Gasteiger partial charge on any atom is 0.283 e. The minimum Gasteiger partial charge on any atom is -0.494 e. The van der Waals surface area contributed by atoms with Crippen molar-refractivity contribution in [2.24, 2.45) is 16.6 Å². The van der Waals surface area contributed by atoms with Gasteiger partial charge in [-0.3, -0.25) is 4.79 Å². The van der Waals surface area contributed by atoms with Gasteiger partial charge in [0.2, 0.25) is 0 Å². The van der Waals surface area contributed by atoms with Crippen LogP contribution in [0.5, 0.6) is 5.75 Å². The Morgan fingerprint density at radius 3 is 2.84 bits per heavy atom. The molecule has 1 aliphatic carbocycles. The van der Waals surface area contributed by atoms with Crippen LogP contribution in [0.25, 0.3) is 0 Å². The van der Waals surface area contributed by atoms with Gasteiger partial charge in [-0.15, -0.1) is 0 Å². The van der Waals surface area contributed by atoms with Gasteiger partial charge < -0.3 is 20.5 Å². The number of carbonyl (C=O) groups is 1. The Kier molecular flexibility index (Phi) is 5.16. The number of amidine groups is 1. The molecule has 1 saturated carbocycles. The molecule has 4 rings (SSSR count). The first-order valence-electron chi connectivity index (χ1n) is 9.57.